The second-order valence-corrected chi connectivity index (χ2v) is 7.14. The van der Waals surface area contributed by atoms with Gasteiger partial charge in [0.15, 0.2) is 5.72 Å². The van der Waals surface area contributed by atoms with Crippen molar-refractivity contribution in [2.45, 2.75) is 37.2 Å². The minimum absolute atomic E-state index is 0. The van der Waals surface area contributed by atoms with E-state index in [4.69, 9.17) is 4.74 Å². The van der Waals surface area contributed by atoms with Crippen LogP contribution in [0.3, 0.4) is 0 Å². The molecule has 1 heterocycles. The SMILES string of the molecule is COC1(c2ccccc2)CCC(C(F)(F)C(F)(F)F)CN1NCc1ccccc1.Cl.Cl. The lowest BCUT2D eigenvalue weighted by Gasteiger charge is -2.49. The van der Waals surface area contributed by atoms with Gasteiger partial charge in [-0.05, 0) is 24.0 Å². The standard InChI is InChI=1S/C21H23F5N2O.2ClH/c1-29-19(17-10-6-3-7-11-17)13-12-18(20(22,23)21(24,25)26)15-28(19)27-14-16-8-4-2-5-9-16;;/h2-11,18,27H,12-15H2,1H3;2*1H. The highest BCUT2D eigenvalue weighted by molar-refractivity contribution is 5.85. The number of hydrogen-bond acceptors (Lipinski definition) is 3. The molecular formula is C21H25Cl2F5N2O. The Bertz CT molecular complexity index is 795. The van der Waals surface area contributed by atoms with Gasteiger partial charge in [-0.15, -0.1) is 24.8 Å². The summed E-state index contributed by atoms with van der Waals surface area (Å²) in [5, 5.41) is 1.39. The summed E-state index contributed by atoms with van der Waals surface area (Å²) in [5.41, 5.74) is 3.46. The third-order valence-electron chi connectivity index (χ3n) is 5.44. The van der Waals surface area contributed by atoms with E-state index < -0.39 is 30.3 Å². The number of benzene rings is 2. The van der Waals surface area contributed by atoms with Crippen LogP contribution < -0.4 is 5.43 Å². The Morgan fingerprint density at radius 1 is 0.968 bits per heavy atom. The molecule has 2 atom stereocenters. The number of nitrogens with zero attached hydrogens (tertiary/aromatic N) is 1. The van der Waals surface area contributed by atoms with Gasteiger partial charge in [-0.1, -0.05) is 60.7 Å². The van der Waals surface area contributed by atoms with Crippen LogP contribution in [0.5, 0.6) is 0 Å². The first-order valence-corrected chi connectivity index (χ1v) is 9.31. The van der Waals surface area contributed by atoms with Crippen LogP contribution in [0.4, 0.5) is 22.0 Å². The Hall–Kier alpha value is -1.45. The van der Waals surface area contributed by atoms with Gasteiger partial charge in [-0.3, -0.25) is 0 Å². The van der Waals surface area contributed by atoms with Crippen molar-refractivity contribution in [3.8, 4) is 0 Å². The number of alkyl halides is 5. The van der Waals surface area contributed by atoms with Crippen LogP contribution in [0, 0.1) is 5.92 Å². The van der Waals surface area contributed by atoms with Crippen LogP contribution >= 0.6 is 24.8 Å². The fourth-order valence-corrected chi connectivity index (χ4v) is 3.80. The fraction of sp³-hybridized carbons (Fsp3) is 0.429. The van der Waals surface area contributed by atoms with Gasteiger partial charge in [0.25, 0.3) is 0 Å². The monoisotopic (exact) mass is 486 g/mol. The van der Waals surface area contributed by atoms with Crippen molar-refractivity contribution in [1.82, 2.24) is 10.4 Å². The Morgan fingerprint density at radius 3 is 2.03 bits per heavy atom. The normalized spacial score (nSPS) is 22.3. The average Bonchev–Trinajstić information content (AvgIpc) is 2.72. The largest absolute Gasteiger partial charge is 0.453 e. The number of nitrogens with one attached hydrogen (secondary N) is 1. The van der Waals surface area contributed by atoms with Crippen LogP contribution in [-0.4, -0.2) is 30.8 Å². The predicted octanol–water partition coefficient (Wildman–Crippen LogP) is 5.94. The van der Waals surface area contributed by atoms with Crippen molar-refractivity contribution in [2.75, 3.05) is 13.7 Å². The topological polar surface area (TPSA) is 24.5 Å². The number of piperidine rings is 1. The smallest absolute Gasteiger partial charge is 0.358 e. The first-order valence-electron chi connectivity index (χ1n) is 9.31. The molecule has 2 aromatic carbocycles. The zero-order valence-electron chi connectivity index (χ0n) is 16.7. The molecule has 2 unspecified atom stereocenters. The molecule has 1 fully saturated rings. The maximum Gasteiger partial charge on any atom is 0.453 e. The highest BCUT2D eigenvalue weighted by Gasteiger charge is 2.64. The maximum atomic E-state index is 14.1. The zero-order valence-corrected chi connectivity index (χ0v) is 18.4. The van der Waals surface area contributed by atoms with Crippen molar-refractivity contribution in [1.29, 1.82) is 0 Å². The number of ether oxygens (including phenoxy) is 1. The van der Waals surface area contributed by atoms with Crippen LogP contribution in [0.25, 0.3) is 0 Å². The Balaban J connectivity index is 0.00000240. The van der Waals surface area contributed by atoms with Gasteiger partial charge < -0.3 is 4.74 Å². The summed E-state index contributed by atoms with van der Waals surface area (Å²) in [6, 6.07) is 18.1. The van der Waals surface area contributed by atoms with Crippen LogP contribution in [0.2, 0.25) is 0 Å². The first kappa shape index (κ1) is 27.6. The molecule has 1 aliphatic heterocycles. The van der Waals surface area contributed by atoms with Crippen molar-refractivity contribution < 1.29 is 26.7 Å². The van der Waals surface area contributed by atoms with E-state index in [0.717, 1.165) is 5.56 Å². The van der Waals surface area contributed by atoms with Gasteiger partial charge in [0, 0.05) is 26.1 Å². The lowest BCUT2D eigenvalue weighted by atomic mass is 9.83. The van der Waals surface area contributed by atoms with Gasteiger partial charge in [0.1, 0.15) is 0 Å². The second kappa shape index (κ2) is 10.9. The molecule has 0 amide bonds. The summed E-state index contributed by atoms with van der Waals surface area (Å²) < 4.78 is 72.9. The molecular weight excluding hydrogens is 462 g/mol. The van der Waals surface area contributed by atoms with E-state index >= 15 is 0 Å². The summed E-state index contributed by atoms with van der Waals surface area (Å²) >= 11 is 0. The lowest BCUT2D eigenvalue weighted by Crippen LogP contribution is -2.62. The van der Waals surface area contributed by atoms with Gasteiger partial charge in [0.2, 0.25) is 0 Å². The summed E-state index contributed by atoms with van der Waals surface area (Å²) in [4.78, 5) is 0. The maximum absolute atomic E-state index is 14.1. The first-order chi connectivity index (χ1) is 13.7. The third-order valence-corrected chi connectivity index (χ3v) is 5.44. The number of hydrazine groups is 1. The van der Waals surface area contributed by atoms with Gasteiger partial charge in [-0.25, -0.2) is 10.4 Å². The molecule has 31 heavy (non-hydrogen) atoms. The molecule has 10 heteroatoms. The second-order valence-electron chi connectivity index (χ2n) is 7.14. The molecule has 0 aliphatic carbocycles. The fourth-order valence-electron chi connectivity index (χ4n) is 3.80. The Morgan fingerprint density at radius 2 is 1.52 bits per heavy atom. The van der Waals surface area contributed by atoms with E-state index in [-0.39, 0.29) is 44.2 Å². The molecule has 1 N–H and O–H groups in total. The third kappa shape index (κ3) is 5.68. The summed E-state index contributed by atoms with van der Waals surface area (Å²) in [7, 11) is 1.44. The van der Waals surface area contributed by atoms with Gasteiger partial charge in [-0.2, -0.15) is 22.0 Å². The quantitative estimate of drug-likeness (QED) is 0.511. The highest BCUT2D eigenvalue weighted by Crippen LogP contribution is 2.48. The number of hydrogen-bond donors (Lipinski definition) is 1. The summed E-state index contributed by atoms with van der Waals surface area (Å²) in [5.74, 6) is -6.66. The molecule has 0 radical (unpaired) electrons. The summed E-state index contributed by atoms with van der Waals surface area (Å²) in [6.07, 6.45) is -5.92. The molecule has 1 saturated heterocycles. The summed E-state index contributed by atoms with van der Waals surface area (Å²) in [6.45, 7) is -0.245. The van der Waals surface area contributed by atoms with Gasteiger partial charge >= 0.3 is 12.1 Å². The average molecular weight is 487 g/mol. The molecule has 0 saturated carbocycles. The van der Waals surface area contributed by atoms with Crippen LogP contribution in [-0.2, 0) is 17.0 Å². The lowest BCUT2D eigenvalue weighted by molar-refractivity contribution is -0.319. The molecule has 0 aromatic heterocycles. The number of methoxy groups -OCH3 is 1. The molecule has 174 valence electrons. The van der Waals surface area contributed by atoms with Crippen LogP contribution in [0.15, 0.2) is 60.7 Å². The number of rotatable bonds is 6. The van der Waals surface area contributed by atoms with E-state index in [1.54, 1.807) is 30.3 Å². The molecule has 2 aromatic rings. The zero-order chi connectivity index (χ0) is 21.1. The molecule has 3 nitrogen and oxygen atoms in total. The van der Waals surface area contributed by atoms with Crippen molar-refractivity contribution in [2.24, 2.45) is 5.92 Å². The minimum Gasteiger partial charge on any atom is -0.358 e. The Kier molecular flexibility index (Phi) is 9.72. The van der Waals surface area contributed by atoms with Crippen molar-refractivity contribution in [3.63, 3.8) is 0 Å². The van der Waals surface area contributed by atoms with Crippen molar-refractivity contribution in [3.05, 3.63) is 71.8 Å². The van der Waals surface area contributed by atoms with E-state index in [2.05, 4.69) is 5.43 Å². The minimum atomic E-state index is -5.59. The van der Waals surface area contributed by atoms with Crippen LogP contribution in [0.1, 0.15) is 24.0 Å². The molecule has 1 aliphatic rings. The molecule has 0 spiro atoms. The van der Waals surface area contributed by atoms with E-state index in [1.807, 2.05) is 30.3 Å². The van der Waals surface area contributed by atoms with Crippen molar-refractivity contribution >= 4 is 24.8 Å². The molecule has 3 rings (SSSR count). The highest BCUT2D eigenvalue weighted by atomic mass is 35.5. The van der Waals surface area contributed by atoms with E-state index in [9.17, 15) is 22.0 Å². The van der Waals surface area contributed by atoms with Gasteiger partial charge in [0.05, 0.1) is 0 Å². The number of halogens is 7. The Labute approximate surface area is 190 Å². The van der Waals surface area contributed by atoms with E-state index in [1.165, 1.54) is 12.1 Å². The predicted molar refractivity (Wildman–Crippen MR) is 113 cm³/mol. The van der Waals surface area contributed by atoms with E-state index in [0.29, 0.717) is 5.56 Å². The molecule has 0 bridgehead atoms.